The van der Waals surface area contributed by atoms with Crippen molar-refractivity contribution in [2.45, 2.75) is 11.8 Å². The number of anilines is 2. The van der Waals surface area contributed by atoms with E-state index in [4.69, 9.17) is 16.3 Å². The predicted octanol–water partition coefficient (Wildman–Crippen LogP) is 4.77. The molecule has 0 aromatic heterocycles. The van der Waals surface area contributed by atoms with Gasteiger partial charge in [0.05, 0.1) is 17.7 Å². The average molecular weight is 481 g/mol. The molecule has 3 aromatic rings. The molecule has 0 saturated heterocycles. The third-order valence-electron chi connectivity index (χ3n) is 4.53. The highest BCUT2D eigenvalue weighted by molar-refractivity contribution is 7.92. The molecule has 0 aliphatic rings. The molecule has 0 unspecified atom stereocenters. The van der Waals surface area contributed by atoms with E-state index in [1.165, 1.54) is 37.4 Å². The number of halogens is 3. The summed E-state index contributed by atoms with van der Waals surface area (Å²) in [6.45, 7) is 1.01. The van der Waals surface area contributed by atoms with Crippen LogP contribution >= 0.6 is 11.6 Å². The van der Waals surface area contributed by atoms with Crippen molar-refractivity contribution in [2.24, 2.45) is 0 Å². The second kappa shape index (κ2) is 9.54. The van der Waals surface area contributed by atoms with E-state index >= 15 is 0 Å². The number of amides is 1. The Bertz CT molecular complexity index is 1230. The molecule has 0 saturated carbocycles. The third-order valence-corrected chi connectivity index (χ3v) is 6.54. The van der Waals surface area contributed by atoms with Crippen molar-refractivity contribution in [3.63, 3.8) is 0 Å². The molecule has 0 aliphatic heterocycles. The summed E-state index contributed by atoms with van der Waals surface area (Å²) in [5.41, 5.74) is 0.150. The molecule has 0 radical (unpaired) electrons. The Morgan fingerprint density at radius 1 is 1.06 bits per heavy atom. The number of aryl methyl sites for hydroxylation is 1. The van der Waals surface area contributed by atoms with E-state index in [1.54, 1.807) is 19.1 Å². The van der Waals surface area contributed by atoms with E-state index in [2.05, 4.69) is 5.32 Å². The zero-order valence-electron chi connectivity index (χ0n) is 17.1. The summed E-state index contributed by atoms with van der Waals surface area (Å²) in [6.07, 6.45) is 0. The Balaban J connectivity index is 2.06. The third kappa shape index (κ3) is 5.00. The Kier molecular flexibility index (Phi) is 7.00. The number of hydrogen-bond acceptors (Lipinski definition) is 4. The fourth-order valence-corrected chi connectivity index (χ4v) is 4.51. The first-order valence-electron chi connectivity index (χ1n) is 9.30. The summed E-state index contributed by atoms with van der Waals surface area (Å²) in [7, 11) is -2.95. The molecule has 3 rings (SSSR count). The van der Waals surface area contributed by atoms with Gasteiger partial charge < -0.3 is 10.1 Å². The van der Waals surface area contributed by atoms with Gasteiger partial charge >= 0.3 is 0 Å². The van der Waals surface area contributed by atoms with Crippen molar-refractivity contribution < 1.29 is 26.7 Å². The highest BCUT2D eigenvalue weighted by Crippen LogP contribution is 2.35. The smallest absolute Gasteiger partial charge is 0.264 e. The largest absolute Gasteiger partial charge is 0.495 e. The van der Waals surface area contributed by atoms with Crippen LogP contribution in [0.4, 0.5) is 20.2 Å². The summed E-state index contributed by atoms with van der Waals surface area (Å²) in [5, 5.41) is 2.29. The van der Waals surface area contributed by atoms with Crippen molar-refractivity contribution in [3.8, 4) is 5.75 Å². The molecule has 1 N–H and O–H groups in total. The average Bonchev–Trinajstić information content (AvgIpc) is 2.75. The lowest BCUT2D eigenvalue weighted by Crippen LogP contribution is -2.38. The second-order valence-electron chi connectivity index (χ2n) is 6.79. The van der Waals surface area contributed by atoms with Gasteiger partial charge in [0, 0.05) is 5.02 Å². The zero-order chi connectivity index (χ0) is 23.5. The Morgan fingerprint density at radius 3 is 2.28 bits per heavy atom. The Morgan fingerprint density at radius 2 is 1.69 bits per heavy atom. The van der Waals surface area contributed by atoms with Crippen LogP contribution in [-0.2, 0) is 14.8 Å². The monoisotopic (exact) mass is 480 g/mol. The number of hydrogen-bond donors (Lipinski definition) is 1. The summed E-state index contributed by atoms with van der Waals surface area (Å²) in [5.74, 6) is -2.82. The summed E-state index contributed by atoms with van der Waals surface area (Å²) >= 11 is 6.07. The Hall–Kier alpha value is -3.17. The molecule has 6 nitrogen and oxygen atoms in total. The van der Waals surface area contributed by atoms with Crippen LogP contribution in [0.1, 0.15) is 5.56 Å². The molecule has 0 spiro atoms. The number of nitrogens with one attached hydrogen (secondary N) is 1. The first kappa shape index (κ1) is 23.5. The number of para-hydroxylation sites is 1. The van der Waals surface area contributed by atoms with Crippen molar-refractivity contribution in [2.75, 3.05) is 23.3 Å². The first-order valence-corrected chi connectivity index (χ1v) is 11.1. The lowest BCUT2D eigenvalue weighted by atomic mass is 10.2. The number of sulfonamides is 1. The summed E-state index contributed by atoms with van der Waals surface area (Å²) in [4.78, 5) is 12.6. The number of ether oxygens (including phenoxy) is 1. The van der Waals surface area contributed by atoms with E-state index in [1.807, 2.05) is 0 Å². The van der Waals surface area contributed by atoms with Crippen LogP contribution in [0.25, 0.3) is 0 Å². The van der Waals surface area contributed by atoms with E-state index in [0.29, 0.717) is 0 Å². The maximum atomic E-state index is 14.0. The molecule has 168 valence electrons. The van der Waals surface area contributed by atoms with Crippen molar-refractivity contribution in [3.05, 3.63) is 82.9 Å². The normalized spacial score (nSPS) is 11.2. The van der Waals surface area contributed by atoms with Gasteiger partial charge in [-0.1, -0.05) is 35.4 Å². The predicted molar refractivity (Wildman–Crippen MR) is 119 cm³/mol. The fourth-order valence-electron chi connectivity index (χ4n) is 2.92. The number of rotatable bonds is 7. The van der Waals surface area contributed by atoms with Gasteiger partial charge in [0.25, 0.3) is 10.0 Å². The van der Waals surface area contributed by atoms with Crippen LogP contribution in [0.2, 0.25) is 5.02 Å². The van der Waals surface area contributed by atoms with E-state index < -0.39 is 39.8 Å². The van der Waals surface area contributed by atoms with Gasteiger partial charge in [-0.3, -0.25) is 9.10 Å². The number of carbonyl (C=O) groups is 1. The van der Waals surface area contributed by atoms with Crippen LogP contribution in [0.15, 0.2) is 65.6 Å². The van der Waals surface area contributed by atoms with Gasteiger partial charge in [0.15, 0.2) is 0 Å². The molecule has 3 aromatic carbocycles. The summed E-state index contributed by atoms with van der Waals surface area (Å²) in [6, 6.07) is 13.4. The highest BCUT2D eigenvalue weighted by atomic mass is 35.5. The van der Waals surface area contributed by atoms with Gasteiger partial charge in [-0.2, -0.15) is 0 Å². The van der Waals surface area contributed by atoms with E-state index in [0.717, 1.165) is 28.1 Å². The minimum absolute atomic E-state index is 0.00951. The van der Waals surface area contributed by atoms with Crippen LogP contribution < -0.4 is 14.4 Å². The molecule has 10 heteroatoms. The van der Waals surface area contributed by atoms with Crippen LogP contribution in [0.5, 0.6) is 5.75 Å². The Labute approximate surface area is 189 Å². The number of benzene rings is 3. The first-order chi connectivity index (χ1) is 15.1. The molecule has 1 amide bonds. The minimum Gasteiger partial charge on any atom is -0.495 e. The van der Waals surface area contributed by atoms with Crippen molar-refractivity contribution in [1.29, 1.82) is 0 Å². The number of nitrogens with zero attached hydrogens (tertiary/aromatic N) is 1. The number of methoxy groups -OCH3 is 1. The molecule has 0 heterocycles. The van der Waals surface area contributed by atoms with Crippen LogP contribution in [-0.4, -0.2) is 28.0 Å². The maximum absolute atomic E-state index is 14.0. The van der Waals surface area contributed by atoms with E-state index in [-0.39, 0.29) is 21.4 Å². The second-order valence-corrected chi connectivity index (χ2v) is 9.08. The molecule has 32 heavy (non-hydrogen) atoms. The van der Waals surface area contributed by atoms with Gasteiger partial charge in [-0.05, 0) is 49.4 Å². The van der Waals surface area contributed by atoms with Gasteiger partial charge in [0.1, 0.15) is 29.6 Å². The number of carbonyl (C=O) groups excluding carboxylic acids is 1. The topological polar surface area (TPSA) is 75.7 Å². The van der Waals surface area contributed by atoms with Crippen molar-refractivity contribution in [1.82, 2.24) is 0 Å². The van der Waals surface area contributed by atoms with Crippen LogP contribution in [0.3, 0.4) is 0 Å². The lowest BCUT2D eigenvalue weighted by Gasteiger charge is -2.26. The highest BCUT2D eigenvalue weighted by Gasteiger charge is 2.30. The minimum atomic E-state index is -4.28. The van der Waals surface area contributed by atoms with Crippen LogP contribution in [0, 0.1) is 18.6 Å². The quantitative estimate of drug-likeness (QED) is 0.528. The SMILES string of the molecule is COc1ccc(Cl)cc1N(CC(=O)Nc1c(F)cccc1F)S(=O)(=O)c1ccc(C)cc1. The molecule has 0 bridgehead atoms. The molecular formula is C22H19ClF2N2O4S. The van der Waals surface area contributed by atoms with Gasteiger partial charge in [-0.25, -0.2) is 17.2 Å². The summed E-state index contributed by atoms with van der Waals surface area (Å²) < 4.78 is 60.8. The van der Waals surface area contributed by atoms with Gasteiger partial charge in [0.2, 0.25) is 5.91 Å². The maximum Gasteiger partial charge on any atom is 0.264 e. The van der Waals surface area contributed by atoms with Gasteiger partial charge in [-0.15, -0.1) is 0 Å². The van der Waals surface area contributed by atoms with E-state index in [9.17, 15) is 22.0 Å². The van der Waals surface area contributed by atoms with Crippen molar-refractivity contribution >= 4 is 38.9 Å². The zero-order valence-corrected chi connectivity index (χ0v) is 18.7. The molecule has 0 aliphatic carbocycles. The molecule has 0 atom stereocenters. The standard InChI is InChI=1S/C22H19ClF2N2O4S/c1-14-6-9-16(10-7-14)32(29,30)27(19-12-15(23)8-11-20(19)31-2)13-21(28)26-22-17(24)4-3-5-18(22)25/h3-12H,13H2,1-2H3,(H,26,28). The molecule has 0 fully saturated rings. The fraction of sp³-hybridized carbons (Fsp3) is 0.136. The lowest BCUT2D eigenvalue weighted by molar-refractivity contribution is -0.114. The molecular weight excluding hydrogens is 462 g/mol.